The molecular weight excluding hydrogens is 519 g/mol. The van der Waals surface area contributed by atoms with Crippen molar-refractivity contribution in [2.75, 3.05) is 13.7 Å². The van der Waals surface area contributed by atoms with Gasteiger partial charge >= 0.3 is 0 Å². The van der Waals surface area contributed by atoms with Crippen molar-refractivity contribution >= 4 is 29.9 Å². The Morgan fingerprint density at radius 1 is 1.31 bits per heavy atom. The van der Waals surface area contributed by atoms with Gasteiger partial charge in [0.25, 0.3) is 0 Å². The van der Waals surface area contributed by atoms with E-state index in [-0.39, 0.29) is 35.6 Å². The minimum absolute atomic E-state index is 0. The average Bonchev–Trinajstić information content (AvgIpc) is 3.08. The number of fused-ring (bicyclic) bond motifs is 1. The van der Waals surface area contributed by atoms with Crippen LogP contribution in [0, 0.1) is 6.92 Å². The summed E-state index contributed by atoms with van der Waals surface area (Å²) in [7, 11) is 1.66. The zero-order chi connectivity index (χ0) is 22.4. The molecule has 0 bridgehead atoms. The molecule has 1 aliphatic rings. The van der Waals surface area contributed by atoms with E-state index in [0.29, 0.717) is 13.2 Å². The first-order valence-corrected chi connectivity index (χ1v) is 11.0. The standard InChI is InChI=1S/C23H36N6O2.HI/c1-7-24-22(25-13-17-9-8-16(2)12-19(17)31-23(3,4)5)26-18-10-11-21-27-20(15-30-6)28-29(21)14-18;/h8-9,12,18H,7,10-11,13-15H2,1-6H3,(H2,24,25,26);1H. The minimum Gasteiger partial charge on any atom is -0.488 e. The molecule has 2 heterocycles. The maximum absolute atomic E-state index is 6.18. The first-order chi connectivity index (χ1) is 14.8. The SMILES string of the molecule is CCNC(=NCc1ccc(C)cc1OC(C)(C)C)NC1CCc2nc(COC)nn2C1.I. The van der Waals surface area contributed by atoms with E-state index in [1.807, 2.05) is 4.68 Å². The first kappa shape index (κ1) is 26.4. The van der Waals surface area contributed by atoms with E-state index in [4.69, 9.17) is 14.5 Å². The number of aromatic nitrogens is 3. The molecule has 0 saturated heterocycles. The predicted molar refractivity (Wildman–Crippen MR) is 138 cm³/mol. The molecule has 1 unspecified atom stereocenters. The summed E-state index contributed by atoms with van der Waals surface area (Å²) in [5.74, 6) is 3.46. The molecule has 0 amide bonds. The van der Waals surface area contributed by atoms with Crippen LogP contribution in [0.1, 0.15) is 56.9 Å². The molecule has 0 saturated carbocycles. The van der Waals surface area contributed by atoms with Gasteiger partial charge in [-0.2, -0.15) is 5.10 Å². The smallest absolute Gasteiger partial charge is 0.191 e. The highest BCUT2D eigenvalue weighted by Gasteiger charge is 2.22. The van der Waals surface area contributed by atoms with Gasteiger partial charge in [-0.1, -0.05) is 12.1 Å². The quantitative estimate of drug-likeness (QED) is 0.308. The molecule has 0 fully saturated rings. The van der Waals surface area contributed by atoms with Crippen LogP contribution in [0.15, 0.2) is 23.2 Å². The van der Waals surface area contributed by atoms with Crippen molar-refractivity contribution in [3.63, 3.8) is 0 Å². The number of guanidine groups is 1. The lowest BCUT2D eigenvalue weighted by Gasteiger charge is -2.26. The molecule has 8 nitrogen and oxygen atoms in total. The third-order valence-electron chi connectivity index (χ3n) is 4.91. The normalized spacial score (nSPS) is 16.2. The topological polar surface area (TPSA) is 85.6 Å². The third-order valence-corrected chi connectivity index (χ3v) is 4.91. The van der Waals surface area contributed by atoms with Crippen molar-refractivity contribution in [3.05, 3.63) is 41.0 Å². The number of aryl methyl sites for hydroxylation is 2. The molecule has 2 N–H and O–H groups in total. The number of hydrogen-bond donors (Lipinski definition) is 2. The van der Waals surface area contributed by atoms with Crippen LogP contribution < -0.4 is 15.4 Å². The van der Waals surface area contributed by atoms with Gasteiger partial charge in [0.05, 0.1) is 13.1 Å². The summed E-state index contributed by atoms with van der Waals surface area (Å²) in [6.45, 7) is 12.9. The van der Waals surface area contributed by atoms with Crippen molar-refractivity contribution < 1.29 is 9.47 Å². The molecule has 1 aromatic heterocycles. The molecule has 0 spiro atoms. The summed E-state index contributed by atoms with van der Waals surface area (Å²) in [6, 6.07) is 6.53. The Bertz CT molecular complexity index is 906. The largest absolute Gasteiger partial charge is 0.488 e. The van der Waals surface area contributed by atoms with E-state index in [9.17, 15) is 0 Å². The second-order valence-electron chi connectivity index (χ2n) is 8.96. The number of rotatable bonds is 7. The number of nitrogens with zero attached hydrogens (tertiary/aromatic N) is 4. The lowest BCUT2D eigenvalue weighted by atomic mass is 10.1. The summed E-state index contributed by atoms with van der Waals surface area (Å²) < 4.78 is 13.3. The van der Waals surface area contributed by atoms with Crippen molar-refractivity contribution in [1.82, 2.24) is 25.4 Å². The maximum Gasteiger partial charge on any atom is 0.191 e. The van der Waals surface area contributed by atoms with Gasteiger partial charge < -0.3 is 20.1 Å². The number of ether oxygens (including phenoxy) is 2. The number of benzene rings is 1. The van der Waals surface area contributed by atoms with Crippen molar-refractivity contribution in [2.45, 2.75) is 78.8 Å². The van der Waals surface area contributed by atoms with E-state index in [2.05, 4.69) is 73.5 Å². The average molecular weight is 556 g/mol. The number of hydrogen-bond acceptors (Lipinski definition) is 5. The van der Waals surface area contributed by atoms with Crippen LogP contribution in [0.4, 0.5) is 0 Å². The van der Waals surface area contributed by atoms with Gasteiger partial charge in [-0.15, -0.1) is 24.0 Å². The first-order valence-electron chi connectivity index (χ1n) is 11.0. The molecule has 0 aliphatic carbocycles. The lowest BCUT2D eigenvalue weighted by molar-refractivity contribution is 0.129. The molecule has 32 heavy (non-hydrogen) atoms. The van der Waals surface area contributed by atoms with Gasteiger partial charge in [-0.25, -0.2) is 14.7 Å². The third kappa shape index (κ3) is 7.61. The fourth-order valence-corrected chi connectivity index (χ4v) is 3.56. The number of halogens is 1. The summed E-state index contributed by atoms with van der Waals surface area (Å²) in [6.07, 6.45) is 1.87. The van der Waals surface area contributed by atoms with Crippen LogP contribution in [0.3, 0.4) is 0 Å². The molecule has 1 aliphatic heterocycles. The van der Waals surface area contributed by atoms with Crippen LogP contribution >= 0.6 is 24.0 Å². The highest BCUT2D eigenvalue weighted by molar-refractivity contribution is 14.0. The van der Waals surface area contributed by atoms with Gasteiger partial charge in [0.15, 0.2) is 11.8 Å². The maximum atomic E-state index is 6.18. The fraction of sp³-hybridized carbons (Fsp3) is 0.609. The fourth-order valence-electron chi connectivity index (χ4n) is 3.56. The molecule has 9 heteroatoms. The predicted octanol–water partition coefficient (Wildman–Crippen LogP) is 3.60. The number of nitrogens with one attached hydrogen (secondary N) is 2. The van der Waals surface area contributed by atoms with Crippen LogP contribution in [0.5, 0.6) is 5.75 Å². The number of methoxy groups -OCH3 is 1. The van der Waals surface area contributed by atoms with Crippen LogP contribution in [-0.2, 0) is 30.9 Å². The van der Waals surface area contributed by atoms with Crippen molar-refractivity contribution in [3.8, 4) is 5.75 Å². The Balaban J connectivity index is 0.00000363. The Morgan fingerprint density at radius 2 is 2.09 bits per heavy atom. The zero-order valence-corrected chi connectivity index (χ0v) is 22.4. The van der Waals surface area contributed by atoms with E-state index >= 15 is 0 Å². The van der Waals surface area contributed by atoms with Crippen LogP contribution in [0.25, 0.3) is 0 Å². The van der Waals surface area contributed by atoms with Gasteiger partial charge in [-0.3, -0.25) is 0 Å². The number of aliphatic imine (C=N–C) groups is 1. The second-order valence-corrected chi connectivity index (χ2v) is 8.96. The summed E-state index contributed by atoms with van der Waals surface area (Å²) >= 11 is 0. The summed E-state index contributed by atoms with van der Waals surface area (Å²) in [5.41, 5.74) is 1.99. The van der Waals surface area contributed by atoms with Gasteiger partial charge in [-0.05, 0) is 52.7 Å². The summed E-state index contributed by atoms with van der Waals surface area (Å²) in [4.78, 5) is 9.39. The van der Waals surface area contributed by atoms with Crippen molar-refractivity contribution in [2.24, 2.45) is 4.99 Å². The van der Waals surface area contributed by atoms with E-state index in [1.54, 1.807) is 7.11 Å². The Labute approximate surface area is 208 Å². The van der Waals surface area contributed by atoms with Gasteiger partial charge in [0, 0.05) is 31.7 Å². The van der Waals surface area contributed by atoms with E-state index < -0.39 is 0 Å². The van der Waals surface area contributed by atoms with Crippen LogP contribution in [-0.4, -0.2) is 46.0 Å². The molecule has 1 atom stereocenters. The van der Waals surface area contributed by atoms with Gasteiger partial charge in [0.2, 0.25) is 0 Å². The highest BCUT2D eigenvalue weighted by Crippen LogP contribution is 2.25. The Kier molecular flexibility index (Phi) is 9.75. The van der Waals surface area contributed by atoms with Crippen molar-refractivity contribution in [1.29, 1.82) is 0 Å². The monoisotopic (exact) mass is 556 g/mol. The zero-order valence-electron chi connectivity index (χ0n) is 20.1. The Hall–Kier alpha value is -1.88. The molecular formula is C23H37IN6O2. The second kappa shape index (κ2) is 11.8. The van der Waals surface area contributed by atoms with Crippen LogP contribution in [0.2, 0.25) is 0 Å². The van der Waals surface area contributed by atoms with E-state index in [0.717, 1.165) is 54.9 Å². The highest BCUT2D eigenvalue weighted by atomic mass is 127. The molecule has 1 aromatic carbocycles. The summed E-state index contributed by atoms with van der Waals surface area (Å²) in [5, 5.41) is 11.5. The molecule has 178 valence electrons. The van der Waals surface area contributed by atoms with E-state index in [1.165, 1.54) is 5.56 Å². The molecule has 2 aromatic rings. The molecule has 3 rings (SSSR count). The minimum atomic E-state index is -0.256. The Morgan fingerprint density at radius 3 is 2.78 bits per heavy atom. The van der Waals surface area contributed by atoms with Gasteiger partial charge in [0.1, 0.15) is 23.8 Å². The molecule has 0 radical (unpaired) electrons. The lowest BCUT2D eigenvalue weighted by Crippen LogP contribution is -2.47.